The van der Waals surface area contributed by atoms with Gasteiger partial charge in [-0.05, 0) is 118 Å². The summed E-state index contributed by atoms with van der Waals surface area (Å²) in [7, 11) is 0. The molecule has 2 aliphatic rings. The first kappa shape index (κ1) is 38.5. The summed E-state index contributed by atoms with van der Waals surface area (Å²) < 4.78 is 0. The van der Waals surface area contributed by atoms with Crippen molar-refractivity contribution in [1.82, 2.24) is 0 Å². The maximum absolute atomic E-state index is 3.92. The second-order valence-corrected chi connectivity index (χ2v) is 17.5. The summed E-state index contributed by atoms with van der Waals surface area (Å²) >= 11 is 0. The van der Waals surface area contributed by atoms with Crippen molar-refractivity contribution in [1.29, 1.82) is 0 Å². The molecule has 0 bridgehead atoms. The van der Waals surface area contributed by atoms with Gasteiger partial charge in [0, 0.05) is 28.0 Å². The Morgan fingerprint density at radius 1 is 0.446 bits per heavy atom. The molecule has 65 heavy (non-hydrogen) atoms. The zero-order valence-electron chi connectivity index (χ0n) is 36.5. The third-order valence-electron chi connectivity index (χ3n) is 13.7. The van der Waals surface area contributed by atoms with E-state index in [1.807, 2.05) is 0 Å². The third kappa shape index (κ3) is 6.26. The lowest BCUT2D eigenvalue weighted by Gasteiger charge is -2.35. The molecule has 0 spiro atoms. The highest BCUT2D eigenvalue weighted by molar-refractivity contribution is 6.02. The van der Waals surface area contributed by atoms with Crippen LogP contribution >= 0.6 is 0 Å². The summed E-state index contributed by atoms with van der Waals surface area (Å²) in [6, 6.07) is 87.4. The average molecular weight is 834 g/mol. The number of fused-ring (bicyclic) bond motifs is 5. The number of nitrogens with zero attached hydrogens (tertiary/aromatic N) is 2. The molecule has 1 unspecified atom stereocenters. The van der Waals surface area contributed by atoms with Gasteiger partial charge in [-0.15, -0.1) is 0 Å². The van der Waals surface area contributed by atoms with Crippen LogP contribution in [0.25, 0.3) is 33.0 Å². The van der Waals surface area contributed by atoms with E-state index in [9.17, 15) is 0 Å². The molecule has 310 valence electrons. The standard InChI is InChI=1S/C62H47N3/c1-42-25-31-46(32-26-42)62(47-33-27-43(2)28-34-47)56-22-12-11-20-52(56)53-38-37-50(41-57(53)62)64(49-35-29-45(30-36-49)44-15-5-3-6-16-44)59-40-39-55(51-19-9-10-21-54(51)59)61-63-58-23-13-14-24-60(58)65(61)48-17-7-4-8-18-48/h3-41,61,63H,1-2H3. The van der Waals surface area contributed by atoms with Gasteiger partial charge in [-0.2, -0.15) is 0 Å². The molecule has 1 heterocycles. The van der Waals surface area contributed by atoms with Gasteiger partial charge < -0.3 is 15.1 Å². The smallest absolute Gasteiger partial charge is 0.131 e. The van der Waals surface area contributed by atoms with Crippen molar-refractivity contribution < 1.29 is 0 Å². The lowest BCUT2D eigenvalue weighted by Crippen LogP contribution is -2.29. The van der Waals surface area contributed by atoms with E-state index < -0.39 is 5.41 Å². The Kier molecular flexibility index (Phi) is 9.24. The Balaban J connectivity index is 1.09. The first-order valence-electron chi connectivity index (χ1n) is 22.6. The molecule has 0 saturated carbocycles. The van der Waals surface area contributed by atoms with E-state index in [1.54, 1.807) is 0 Å². The fourth-order valence-electron chi connectivity index (χ4n) is 10.7. The largest absolute Gasteiger partial charge is 0.359 e. The van der Waals surface area contributed by atoms with Crippen molar-refractivity contribution in [3.8, 4) is 22.3 Å². The van der Waals surface area contributed by atoms with Crippen LogP contribution in [-0.2, 0) is 5.41 Å². The summed E-state index contributed by atoms with van der Waals surface area (Å²) in [5, 5.41) is 6.30. The van der Waals surface area contributed by atoms with Crippen LogP contribution in [0.2, 0.25) is 0 Å². The van der Waals surface area contributed by atoms with Crippen LogP contribution in [-0.4, -0.2) is 0 Å². The van der Waals surface area contributed by atoms with Gasteiger partial charge in [-0.3, -0.25) is 0 Å². The van der Waals surface area contributed by atoms with Crippen LogP contribution in [0.1, 0.15) is 45.1 Å². The van der Waals surface area contributed by atoms with E-state index in [1.165, 1.54) is 77.7 Å². The fraction of sp³-hybridized carbons (Fsp3) is 0.0645. The molecule has 12 rings (SSSR count). The molecule has 0 fully saturated rings. The maximum Gasteiger partial charge on any atom is 0.131 e. The van der Waals surface area contributed by atoms with Crippen LogP contribution in [0.3, 0.4) is 0 Å². The molecule has 1 aliphatic carbocycles. The number of nitrogens with one attached hydrogen (secondary N) is 1. The molecule has 3 nitrogen and oxygen atoms in total. The molecular weight excluding hydrogens is 787 g/mol. The Morgan fingerprint density at radius 2 is 1.02 bits per heavy atom. The van der Waals surface area contributed by atoms with Crippen LogP contribution in [0, 0.1) is 13.8 Å². The number of rotatable bonds is 8. The fourth-order valence-corrected chi connectivity index (χ4v) is 10.7. The first-order chi connectivity index (χ1) is 32.1. The van der Waals surface area contributed by atoms with Crippen molar-refractivity contribution in [2.24, 2.45) is 0 Å². The molecule has 1 N–H and O–H groups in total. The summed E-state index contributed by atoms with van der Waals surface area (Å²) in [4.78, 5) is 4.91. The Bertz CT molecular complexity index is 3310. The van der Waals surface area contributed by atoms with Crippen LogP contribution < -0.4 is 15.1 Å². The van der Waals surface area contributed by atoms with E-state index in [2.05, 4.69) is 266 Å². The van der Waals surface area contributed by atoms with Crippen molar-refractivity contribution in [3.63, 3.8) is 0 Å². The van der Waals surface area contributed by atoms with Gasteiger partial charge in [0.2, 0.25) is 0 Å². The molecule has 0 saturated heterocycles. The highest BCUT2D eigenvalue weighted by Crippen LogP contribution is 2.58. The predicted molar refractivity (Wildman–Crippen MR) is 272 cm³/mol. The van der Waals surface area contributed by atoms with Gasteiger partial charge in [-0.1, -0.05) is 193 Å². The summed E-state index contributed by atoms with van der Waals surface area (Å²) in [6.45, 7) is 4.35. The number of hydrogen-bond acceptors (Lipinski definition) is 3. The van der Waals surface area contributed by atoms with Crippen molar-refractivity contribution in [2.75, 3.05) is 15.1 Å². The first-order valence-corrected chi connectivity index (χ1v) is 22.6. The normalized spacial score (nSPS) is 14.4. The quantitative estimate of drug-likeness (QED) is 0.165. The molecule has 0 radical (unpaired) electrons. The van der Waals surface area contributed by atoms with E-state index in [0.29, 0.717) is 0 Å². The molecule has 3 heteroatoms. The van der Waals surface area contributed by atoms with Crippen LogP contribution in [0.5, 0.6) is 0 Å². The zero-order chi connectivity index (χ0) is 43.5. The van der Waals surface area contributed by atoms with Crippen LogP contribution in [0.4, 0.5) is 34.1 Å². The molecule has 1 atom stereocenters. The third-order valence-corrected chi connectivity index (χ3v) is 13.7. The van der Waals surface area contributed by atoms with Gasteiger partial charge in [0.25, 0.3) is 0 Å². The van der Waals surface area contributed by atoms with Gasteiger partial charge in [0.1, 0.15) is 6.17 Å². The van der Waals surface area contributed by atoms with Crippen LogP contribution in [0.15, 0.2) is 237 Å². The van der Waals surface area contributed by atoms with E-state index >= 15 is 0 Å². The Labute approximate surface area is 381 Å². The molecular formula is C62H47N3. The van der Waals surface area contributed by atoms with E-state index in [4.69, 9.17) is 0 Å². The number of hydrogen-bond donors (Lipinski definition) is 1. The molecule has 0 aromatic heterocycles. The highest BCUT2D eigenvalue weighted by Gasteiger charge is 2.46. The Morgan fingerprint density at radius 3 is 1.74 bits per heavy atom. The van der Waals surface area contributed by atoms with Gasteiger partial charge in [0.05, 0.1) is 22.5 Å². The highest BCUT2D eigenvalue weighted by atomic mass is 15.3. The zero-order valence-corrected chi connectivity index (χ0v) is 36.5. The molecule has 10 aromatic rings. The van der Waals surface area contributed by atoms with E-state index in [-0.39, 0.29) is 6.17 Å². The summed E-state index contributed by atoms with van der Waals surface area (Å²) in [5.41, 5.74) is 19.9. The number of aryl methyl sites for hydroxylation is 2. The van der Waals surface area contributed by atoms with Crippen molar-refractivity contribution >= 4 is 44.9 Å². The topological polar surface area (TPSA) is 18.5 Å². The SMILES string of the molecule is Cc1ccc(C2(c3ccc(C)cc3)c3ccccc3-c3ccc(N(c4ccc(-c5ccccc5)cc4)c4ccc(C5Nc6ccccc6N5c5ccccc5)c5ccccc45)cc32)cc1. The number of anilines is 6. The minimum atomic E-state index is -0.540. The number of para-hydroxylation sites is 3. The van der Waals surface area contributed by atoms with Crippen molar-refractivity contribution in [3.05, 3.63) is 276 Å². The molecule has 1 aliphatic heterocycles. The summed E-state index contributed by atoms with van der Waals surface area (Å²) in [5.74, 6) is 0. The second-order valence-electron chi connectivity index (χ2n) is 17.5. The molecule has 10 aromatic carbocycles. The predicted octanol–water partition coefficient (Wildman–Crippen LogP) is 16.2. The minimum Gasteiger partial charge on any atom is -0.359 e. The lowest BCUT2D eigenvalue weighted by atomic mass is 9.67. The minimum absolute atomic E-state index is 0.115. The average Bonchev–Trinajstić information content (AvgIpc) is 3.89. The van der Waals surface area contributed by atoms with Gasteiger partial charge in [-0.25, -0.2) is 0 Å². The molecule has 0 amide bonds. The Hall–Kier alpha value is -8.14. The van der Waals surface area contributed by atoms with Crippen molar-refractivity contribution in [2.45, 2.75) is 25.4 Å². The second kappa shape index (κ2) is 15.6. The van der Waals surface area contributed by atoms with E-state index in [0.717, 1.165) is 28.4 Å². The van der Waals surface area contributed by atoms with Gasteiger partial charge in [0.15, 0.2) is 0 Å². The maximum atomic E-state index is 3.92. The monoisotopic (exact) mass is 833 g/mol. The van der Waals surface area contributed by atoms with Gasteiger partial charge >= 0.3 is 0 Å². The number of benzene rings is 10. The summed E-state index contributed by atoms with van der Waals surface area (Å²) in [6.07, 6.45) is -0.115. The lowest BCUT2D eigenvalue weighted by molar-refractivity contribution is 0.767.